The van der Waals surface area contributed by atoms with Gasteiger partial charge in [0, 0.05) is 18.0 Å². The molecule has 0 fully saturated rings. The highest BCUT2D eigenvalue weighted by Crippen LogP contribution is 2.21. The van der Waals surface area contributed by atoms with Crippen LogP contribution >= 0.6 is 11.3 Å². The minimum atomic E-state index is -3.57. The van der Waals surface area contributed by atoms with Crippen molar-refractivity contribution in [2.24, 2.45) is 0 Å². The Morgan fingerprint density at radius 2 is 1.89 bits per heavy atom. The first kappa shape index (κ1) is 16.1. The Morgan fingerprint density at radius 3 is 2.37 bits per heavy atom. The van der Waals surface area contributed by atoms with Crippen molar-refractivity contribution in [1.29, 1.82) is 0 Å². The van der Waals surface area contributed by atoms with Crippen LogP contribution in [0.1, 0.15) is 25.6 Å². The molecule has 0 saturated carbocycles. The first-order valence-electron chi connectivity index (χ1n) is 6.30. The summed E-state index contributed by atoms with van der Waals surface area (Å²) in [4.78, 5) is 14.3. The summed E-state index contributed by atoms with van der Waals surface area (Å²) in [6.45, 7) is 6.67. The fraction of sp³-hybridized carbons (Fsp3) is 0.583. The molecule has 1 aromatic heterocycles. The molecule has 0 aliphatic rings. The highest BCUT2D eigenvalue weighted by Gasteiger charge is 2.19. The van der Waals surface area contributed by atoms with Gasteiger partial charge in [0.1, 0.15) is 4.21 Å². The van der Waals surface area contributed by atoms with E-state index in [9.17, 15) is 13.2 Å². The van der Waals surface area contributed by atoms with Crippen LogP contribution in [0.15, 0.2) is 16.3 Å². The van der Waals surface area contributed by atoms with Crippen molar-refractivity contribution in [2.75, 3.05) is 19.6 Å². The largest absolute Gasteiger partial charge is 0.342 e. The average Bonchev–Trinajstić information content (AvgIpc) is 2.87. The van der Waals surface area contributed by atoms with Crippen LogP contribution in [0.2, 0.25) is 0 Å². The number of hydrogen-bond donors (Lipinski definition) is 1. The smallest absolute Gasteiger partial charge is 0.250 e. The zero-order valence-corrected chi connectivity index (χ0v) is 13.1. The van der Waals surface area contributed by atoms with E-state index in [1.165, 1.54) is 11.3 Å². The fourth-order valence-corrected chi connectivity index (χ4v) is 3.92. The molecule has 0 bridgehead atoms. The molecule has 1 amide bonds. The Morgan fingerprint density at radius 1 is 1.26 bits per heavy atom. The lowest BCUT2D eigenvalue weighted by atomic mass is 10.4. The Balaban J connectivity index is 2.68. The number of carbonyl (C=O) groups is 1. The summed E-state index contributed by atoms with van der Waals surface area (Å²) < 4.78 is 26.6. The predicted molar refractivity (Wildman–Crippen MR) is 76.8 cm³/mol. The number of amides is 1. The number of carbonyl (C=O) groups excluding carboxylic acids is 1. The molecule has 108 valence electrons. The van der Waals surface area contributed by atoms with Crippen molar-refractivity contribution in [3.8, 4) is 0 Å². The van der Waals surface area contributed by atoms with E-state index in [0.717, 1.165) is 11.3 Å². The summed E-state index contributed by atoms with van der Waals surface area (Å²) in [5.41, 5.74) is 0. The number of nitrogens with one attached hydrogen (secondary N) is 1. The summed E-state index contributed by atoms with van der Waals surface area (Å²) >= 11 is 1.24. The first-order chi connectivity index (χ1) is 8.94. The number of hydrogen-bond acceptors (Lipinski definition) is 4. The van der Waals surface area contributed by atoms with Gasteiger partial charge in [-0.2, -0.15) is 0 Å². The molecule has 0 aliphatic carbocycles. The topological polar surface area (TPSA) is 66.5 Å². The molecule has 7 heteroatoms. The Hall–Kier alpha value is -0.920. The van der Waals surface area contributed by atoms with E-state index >= 15 is 0 Å². The van der Waals surface area contributed by atoms with Crippen LogP contribution in [0.5, 0.6) is 0 Å². The second kappa shape index (κ2) is 7.02. The lowest BCUT2D eigenvalue weighted by molar-refractivity contribution is -0.129. The zero-order valence-electron chi connectivity index (χ0n) is 11.5. The maximum absolute atomic E-state index is 12.0. The van der Waals surface area contributed by atoms with Crippen LogP contribution < -0.4 is 4.72 Å². The fourth-order valence-electron chi connectivity index (χ4n) is 1.61. The van der Waals surface area contributed by atoms with E-state index in [2.05, 4.69) is 4.72 Å². The molecular weight excluding hydrogens is 284 g/mol. The molecule has 0 aromatic carbocycles. The molecule has 1 aromatic rings. The second-order valence-corrected chi connectivity index (χ2v) is 7.13. The summed E-state index contributed by atoms with van der Waals surface area (Å²) in [6, 6.07) is 3.37. The van der Waals surface area contributed by atoms with Gasteiger partial charge < -0.3 is 4.90 Å². The van der Waals surface area contributed by atoms with Gasteiger partial charge in [-0.3, -0.25) is 4.79 Å². The molecule has 0 spiro atoms. The van der Waals surface area contributed by atoms with Crippen LogP contribution in [-0.2, 0) is 21.2 Å². The van der Waals surface area contributed by atoms with Gasteiger partial charge in [-0.05, 0) is 32.4 Å². The normalized spacial score (nSPS) is 11.5. The lowest BCUT2D eigenvalue weighted by Crippen LogP contribution is -2.39. The highest BCUT2D eigenvalue weighted by atomic mass is 32.2. The van der Waals surface area contributed by atoms with E-state index in [0.29, 0.717) is 13.1 Å². The number of rotatable bonds is 7. The molecule has 0 radical (unpaired) electrons. The second-order valence-electron chi connectivity index (χ2n) is 3.96. The van der Waals surface area contributed by atoms with Crippen molar-refractivity contribution in [2.45, 2.75) is 31.4 Å². The number of likely N-dealkylation sites (N-methyl/N-ethyl adjacent to an activating group) is 1. The van der Waals surface area contributed by atoms with E-state index in [-0.39, 0.29) is 16.7 Å². The maximum atomic E-state index is 12.0. The maximum Gasteiger partial charge on any atom is 0.250 e. The average molecular weight is 304 g/mol. The third-order valence-electron chi connectivity index (χ3n) is 2.78. The van der Waals surface area contributed by atoms with Gasteiger partial charge in [0.05, 0.1) is 6.54 Å². The van der Waals surface area contributed by atoms with Crippen molar-refractivity contribution in [3.05, 3.63) is 17.0 Å². The minimum Gasteiger partial charge on any atom is -0.342 e. The van der Waals surface area contributed by atoms with Crippen LogP contribution in [0, 0.1) is 0 Å². The zero-order chi connectivity index (χ0) is 14.5. The summed E-state index contributed by atoms with van der Waals surface area (Å²) in [7, 11) is -3.57. The van der Waals surface area contributed by atoms with Gasteiger partial charge in [-0.15, -0.1) is 11.3 Å². The molecule has 5 nitrogen and oxygen atoms in total. The molecule has 0 atom stereocenters. The third kappa shape index (κ3) is 4.29. The summed E-state index contributed by atoms with van der Waals surface area (Å²) in [6.07, 6.45) is 0.804. The molecule has 0 aliphatic heterocycles. The van der Waals surface area contributed by atoms with Gasteiger partial charge in [0.25, 0.3) is 10.0 Å². The standard InChI is InChI=1S/C12H20N2O3S2/c1-4-10-7-8-12(18-10)19(16,17)13-9-11(15)14(5-2)6-3/h7-8,13H,4-6,9H2,1-3H3. The number of aryl methyl sites for hydroxylation is 1. The predicted octanol–water partition coefficient (Wildman–Crippen LogP) is 1.46. The molecule has 1 rings (SSSR count). The van der Waals surface area contributed by atoms with Gasteiger partial charge in [0.15, 0.2) is 0 Å². The Labute approximate surface area is 118 Å². The molecule has 1 heterocycles. The van der Waals surface area contributed by atoms with E-state index in [1.807, 2.05) is 20.8 Å². The van der Waals surface area contributed by atoms with Crippen LogP contribution in [-0.4, -0.2) is 38.9 Å². The molecule has 19 heavy (non-hydrogen) atoms. The van der Waals surface area contributed by atoms with Gasteiger partial charge in [0.2, 0.25) is 5.91 Å². The monoisotopic (exact) mass is 304 g/mol. The van der Waals surface area contributed by atoms with Crippen molar-refractivity contribution in [3.63, 3.8) is 0 Å². The van der Waals surface area contributed by atoms with Crippen LogP contribution in [0.25, 0.3) is 0 Å². The summed E-state index contributed by atoms with van der Waals surface area (Å²) in [5.74, 6) is -0.208. The minimum absolute atomic E-state index is 0.191. The highest BCUT2D eigenvalue weighted by molar-refractivity contribution is 7.91. The quantitative estimate of drug-likeness (QED) is 0.829. The van der Waals surface area contributed by atoms with Crippen molar-refractivity contribution >= 4 is 27.3 Å². The Bertz CT molecular complexity index is 519. The van der Waals surface area contributed by atoms with Gasteiger partial charge in [-0.1, -0.05) is 6.92 Å². The first-order valence-corrected chi connectivity index (χ1v) is 8.60. The van der Waals surface area contributed by atoms with Crippen molar-refractivity contribution < 1.29 is 13.2 Å². The SMILES string of the molecule is CCc1ccc(S(=O)(=O)NCC(=O)N(CC)CC)s1. The summed E-state index contributed by atoms with van der Waals surface area (Å²) in [5, 5.41) is 0. The number of thiophene rings is 1. The lowest BCUT2D eigenvalue weighted by Gasteiger charge is -2.18. The number of sulfonamides is 1. The van der Waals surface area contributed by atoms with Crippen molar-refractivity contribution in [1.82, 2.24) is 9.62 Å². The number of nitrogens with zero attached hydrogens (tertiary/aromatic N) is 1. The van der Waals surface area contributed by atoms with E-state index < -0.39 is 10.0 Å². The van der Waals surface area contributed by atoms with Gasteiger partial charge >= 0.3 is 0 Å². The molecular formula is C12H20N2O3S2. The third-order valence-corrected chi connectivity index (χ3v) is 5.90. The van der Waals surface area contributed by atoms with E-state index in [1.54, 1.807) is 17.0 Å². The van der Waals surface area contributed by atoms with Gasteiger partial charge in [-0.25, -0.2) is 13.1 Å². The molecule has 0 saturated heterocycles. The molecule has 1 N–H and O–H groups in total. The Kier molecular flexibility index (Phi) is 5.96. The van der Waals surface area contributed by atoms with Crippen LogP contribution in [0.4, 0.5) is 0 Å². The van der Waals surface area contributed by atoms with E-state index in [4.69, 9.17) is 0 Å². The molecule has 0 unspecified atom stereocenters. The van der Waals surface area contributed by atoms with Crippen LogP contribution in [0.3, 0.4) is 0 Å².